The van der Waals surface area contributed by atoms with Crippen LogP contribution in [0.5, 0.6) is 11.5 Å². The highest BCUT2D eigenvalue weighted by Gasteiger charge is 2.11. The van der Waals surface area contributed by atoms with Crippen LogP contribution >= 0.6 is 22.9 Å². The van der Waals surface area contributed by atoms with Gasteiger partial charge in [0.15, 0.2) is 11.5 Å². The summed E-state index contributed by atoms with van der Waals surface area (Å²) in [5.74, 6) is 0.840. The number of carbonyl (C=O) groups is 1. The van der Waals surface area contributed by atoms with E-state index in [0.717, 1.165) is 0 Å². The highest BCUT2D eigenvalue weighted by atomic mass is 35.5. The second kappa shape index (κ2) is 10.1. The van der Waals surface area contributed by atoms with Crippen molar-refractivity contribution < 1.29 is 19.0 Å². The molecular formula is C18H22ClN3O4S. The molecule has 0 atom stereocenters. The van der Waals surface area contributed by atoms with Gasteiger partial charge in [0.2, 0.25) is 5.13 Å². The van der Waals surface area contributed by atoms with Gasteiger partial charge in [-0.25, -0.2) is 4.98 Å². The molecule has 0 saturated carbocycles. The van der Waals surface area contributed by atoms with Crippen LogP contribution in [0, 0.1) is 0 Å². The van der Waals surface area contributed by atoms with Crippen molar-refractivity contribution in [2.24, 2.45) is 5.10 Å². The van der Waals surface area contributed by atoms with Crippen molar-refractivity contribution >= 4 is 40.3 Å². The maximum Gasteiger partial charge on any atom is 0.311 e. The van der Waals surface area contributed by atoms with Gasteiger partial charge >= 0.3 is 5.97 Å². The summed E-state index contributed by atoms with van der Waals surface area (Å²) < 4.78 is 15.9. The predicted molar refractivity (Wildman–Crippen MR) is 107 cm³/mol. The number of rotatable bonds is 9. The minimum Gasteiger partial charge on any atom is -0.493 e. The largest absolute Gasteiger partial charge is 0.493 e. The quantitative estimate of drug-likeness (QED) is 0.379. The lowest BCUT2D eigenvalue weighted by Gasteiger charge is -2.14. The van der Waals surface area contributed by atoms with Gasteiger partial charge in [-0.3, -0.25) is 10.2 Å². The Morgan fingerprint density at radius 3 is 2.85 bits per heavy atom. The van der Waals surface area contributed by atoms with Gasteiger partial charge < -0.3 is 14.2 Å². The maximum atomic E-state index is 11.5. The monoisotopic (exact) mass is 411 g/mol. The first kappa shape index (κ1) is 21.0. The van der Waals surface area contributed by atoms with Crippen molar-refractivity contribution in [3.05, 3.63) is 33.8 Å². The van der Waals surface area contributed by atoms with Gasteiger partial charge in [-0.05, 0) is 26.8 Å². The van der Waals surface area contributed by atoms with E-state index < -0.39 is 0 Å². The third-order valence-electron chi connectivity index (χ3n) is 3.19. The van der Waals surface area contributed by atoms with E-state index in [0.29, 0.717) is 39.5 Å². The summed E-state index contributed by atoms with van der Waals surface area (Å²) >= 11 is 7.64. The number of nitrogens with zero attached hydrogens (tertiary/aromatic N) is 2. The second-order valence-corrected chi connectivity index (χ2v) is 6.95. The van der Waals surface area contributed by atoms with Crippen molar-refractivity contribution in [2.45, 2.75) is 33.3 Å². The van der Waals surface area contributed by atoms with Gasteiger partial charge in [0.05, 0.1) is 43.2 Å². The zero-order valence-electron chi connectivity index (χ0n) is 15.6. The van der Waals surface area contributed by atoms with E-state index in [-0.39, 0.29) is 18.5 Å². The second-order valence-electron chi connectivity index (χ2n) is 5.69. The van der Waals surface area contributed by atoms with E-state index in [1.165, 1.54) is 11.3 Å². The van der Waals surface area contributed by atoms with Crippen LogP contribution in [0.3, 0.4) is 0 Å². The van der Waals surface area contributed by atoms with Crippen molar-refractivity contribution in [3.63, 3.8) is 0 Å². The molecule has 0 spiro atoms. The fourth-order valence-electron chi connectivity index (χ4n) is 2.11. The number of carbonyl (C=O) groups excluding carboxylic acids is 1. The molecule has 9 heteroatoms. The fraction of sp³-hybridized carbons (Fsp3) is 0.389. The summed E-state index contributed by atoms with van der Waals surface area (Å²) in [6.45, 7) is 5.97. The standard InChI is InChI=1S/C18H22ClN3O4S/c1-5-25-17(23)7-13-10-27-18(21-13)22-20-9-12-6-15(24-4)16(8-14(12)19)26-11(2)3/h6,8-11H,5,7H2,1-4H3,(H,21,22). The predicted octanol–water partition coefficient (Wildman–Crippen LogP) is 4.14. The van der Waals surface area contributed by atoms with Gasteiger partial charge in [-0.15, -0.1) is 11.3 Å². The smallest absolute Gasteiger partial charge is 0.311 e. The van der Waals surface area contributed by atoms with E-state index in [2.05, 4.69) is 15.5 Å². The first-order valence-electron chi connectivity index (χ1n) is 8.36. The first-order chi connectivity index (χ1) is 12.9. The van der Waals surface area contributed by atoms with Crippen LogP contribution < -0.4 is 14.9 Å². The number of nitrogens with one attached hydrogen (secondary N) is 1. The number of hydrogen-bond donors (Lipinski definition) is 1. The Kier molecular flexibility index (Phi) is 7.87. The number of hydrazone groups is 1. The number of esters is 1. The van der Waals surface area contributed by atoms with Gasteiger partial charge in [0.1, 0.15) is 0 Å². The van der Waals surface area contributed by atoms with Crippen LogP contribution in [-0.4, -0.2) is 37.0 Å². The molecule has 0 radical (unpaired) electrons. The van der Waals surface area contributed by atoms with Crippen LogP contribution in [0.15, 0.2) is 22.6 Å². The summed E-state index contributed by atoms with van der Waals surface area (Å²) in [5, 5.41) is 6.97. The summed E-state index contributed by atoms with van der Waals surface area (Å²) in [4.78, 5) is 15.8. The van der Waals surface area contributed by atoms with E-state index >= 15 is 0 Å². The normalized spacial score (nSPS) is 11.0. The third-order valence-corrected chi connectivity index (χ3v) is 4.32. The van der Waals surface area contributed by atoms with E-state index in [4.69, 9.17) is 25.8 Å². The molecule has 2 rings (SSSR count). The molecule has 1 heterocycles. The van der Waals surface area contributed by atoms with Crippen LogP contribution in [0.4, 0.5) is 5.13 Å². The molecule has 27 heavy (non-hydrogen) atoms. The Balaban J connectivity index is 2.04. The SMILES string of the molecule is CCOC(=O)Cc1csc(NN=Cc2cc(OC)c(OC(C)C)cc2Cl)n1. The number of halogens is 1. The molecule has 0 bridgehead atoms. The Morgan fingerprint density at radius 2 is 2.19 bits per heavy atom. The molecule has 0 unspecified atom stereocenters. The molecule has 0 aliphatic rings. The molecule has 0 fully saturated rings. The maximum absolute atomic E-state index is 11.5. The molecule has 1 aromatic carbocycles. The van der Waals surface area contributed by atoms with Gasteiger partial charge in [-0.2, -0.15) is 5.10 Å². The number of anilines is 1. The number of ether oxygens (including phenoxy) is 3. The molecule has 7 nitrogen and oxygen atoms in total. The minimum absolute atomic E-state index is 0.00450. The number of methoxy groups -OCH3 is 1. The van der Waals surface area contributed by atoms with Crippen LogP contribution in [0.2, 0.25) is 5.02 Å². The van der Waals surface area contributed by atoms with Gasteiger partial charge in [0.25, 0.3) is 0 Å². The molecule has 1 aromatic heterocycles. The van der Waals surface area contributed by atoms with Crippen molar-refractivity contribution in [1.82, 2.24) is 4.98 Å². The third kappa shape index (κ3) is 6.41. The molecular weight excluding hydrogens is 390 g/mol. The molecule has 1 N–H and O–H groups in total. The number of hydrogen-bond acceptors (Lipinski definition) is 8. The van der Waals surface area contributed by atoms with E-state index in [9.17, 15) is 4.79 Å². The molecule has 0 saturated heterocycles. The van der Waals surface area contributed by atoms with Crippen LogP contribution in [0.1, 0.15) is 32.0 Å². The molecule has 146 valence electrons. The topological polar surface area (TPSA) is 82.0 Å². The van der Waals surface area contributed by atoms with Crippen LogP contribution in [0.25, 0.3) is 0 Å². The van der Waals surface area contributed by atoms with Crippen molar-refractivity contribution in [3.8, 4) is 11.5 Å². The molecule has 0 aliphatic heterocycles. The highest BCUT2D eigenvalue weighted by molar-refractivity contribution is 7.13. The number of benzene rings is 1. The molecule has 0 amide bonds. The van der Waals surface area contributed by atoms with Crippen molar-refractivity contribution in [1.29, 1.82) is 0 Å². The highest BCUT2D eigenvalue weighted by Crippen LogP contribution is 2.33. The van der Waals surface area contributed by atoms with E-state index in [1.54, 1.807) is 37.8 Å². The Bertz CT molecular complexity index is 808. The Morgan fingerprint density at radius 1 is 1.41 bits per heavy atom. The average Bonchev–Trinajstić information content (AvgIpc) is 3.03. The van der Waals surface area contributed by atoms with E-state index in [1.807, 2.05) is 13.8 Å². The first-order valence-corrected chi connectivity index (χ1v) is 9.62. The summed E-state index contributed by atoms with van der Waals surface area (Å²) in [6, 6.07) is 3.45. The Hall–Kier alpha value is -2.32. The summed E-state index contributed by atoms with van der Waals surface area (Å²) in [6.07, 6.45) is 1.71. The molecule has 2 aromatic rings. The zero-order valence-corrected chi connectivity index (χ0v) is 17.2. The molecule has 0 aliphatic carbocycles. The fourth-order valence-corrected chi connectivity index (χ4v) is 2.97. The lowest BCUT2D eigenvalue weighted by Crippen LogP contribution is -2.07. The Labute approximate surface area is 167 Å². The van der Waals surface area contributed by atoms with Gasteiger partial charge in [-0.1, -0.05) is 11.6 Å². The lowest BCUT2D eigenvalue weighted by atomic mass is 10.2. The van der Waals surface area contributed by atoms with Crippen molar-refractivity contribution in [2.75, 3.05) is 19.1 Å². The average molecular weight is 412 g/mol. The minimum atomic E-state index is -0.305. The number of aromatic nitrogens is 1. The lowest BCUT2D eigenvalue weighted by molar-refractivity contribution is -0.142. The van der Waals surface area contributed by atoms with Crippen LogP contribution in [-0.2, 0) is 16.0 Å². The van der Waals surface area contributed by atoms with Gasteiger partial charge in [0, 0.05) is 17.0 Å². The zero-order chi connectivity index (χ0) is 19.8. The number of thiazole rings is 1. The summed E-state index contributed by atoms with van der Waals surface area (Å²) in [7, 11) is 1.57. The summed E-state index contributed by atoms with van der Waals surface area (Å²) in [5.41, 5.74) is 4.12.